The number of hydrogen-bond donors (Lipinski definition) is 0. The van der Waals surface area contributed by atoms with Gasteiger partial charge in [-0.25, -0.2) is 4.98 Å². The molecule has 0 spiro atoms. The van der Waals surface area contributed by atoms with Gasteiger partial charge in [-0.05, 0) is 29.9 Å². The maximum atomic E-state index is 6.00. The van der Waals surface area contributed by atoms with Crippen molar-refractivity contribution in [3.8, 4) is 0 Å². The third-order valence-electron chi connectivity index (χ3n) is 3.97. The zero-order valence-electron chi connectivity index (χ0n) is 10.3. The first-order valence-corrected chi connectivity index (χ1v) is 6.65. The molecule has 3 rings (SSSR count). The quantitative estimate of drug-likeness (QED) is 0.755. The van der Waals surface area contributed by atoms with E-state index in [0.29, 0.717) is 11.3 Å². The van der Waals surface area contributed by atoms with Crippen molar-refractivity contribution in [3.63, 3.8) is 0 Å². The molecule has 2 aromatic rings. The molecule has 3 heteroatoms. The first-order valence-electron chi connectivity index (χ1n) is 6.12. The summed E-state index contributed by atoms with van der Waals surface area (Å²) in [6, 6.07) is 8.28. The van der Waals surface area contributed by atoms with Gasteiger partial charge in [0.2, 0.25) is 0 Å². The minimum Gasteiger partial charge on any atom is -0.327 e. The largest absolute Gasteiger partial charge is 0.327 e. The van der Waals surface area contributed by atoms with Gasteiger partial charge in [0.1, 0.15) is 5.82 Å². The normalized spacial score (nSPS) is 21.9. The number of benzene rings is 1. The van der Waals surface area contributed by atoms with Crippen molar-refractivity contribution >= 4 is 22.6 Å². The van der Waals surface area contributed by atoms with Crippen molar-refractivity contribution in [2.75, 3.05) is 0 Å². The van der Waals surface area contributed by atoms with Crippen LogP contribution in [-0.4, -0.2) is 9.55 Å². The van der Waals surface area contributed by atoms with Crippen molar-refractivity contribution in [2.24, 2.45) is 11.3 Å². The van der Waals surface area contributed by atoms with Crippen LogP contribution < -0.4 is 0 Å². The minimum atomic E-state index is 0.488. The Kier molecular flexibility index (Phi) is 2.44. The topological polar surface area (TPSA) is 17.8 Å². The Morgan fingerprint density at radius 3 is 2.76 bits per heavy atom. The van der Waals surface area contributed by atoms with Crippen LogP contribution in [0.3, 0.4) is 0 Å². The Morgan fingerprint density at radius 2 is 2.12 bits per heavy atom. The molecule has 1 aliphatic carbocycles. The number of imidazole rings is 1. The summed E-state index contributed by atoms with van der Waals surface area (Å²) in [6.07, 6.45) is 1.31. The summed E-state index contributed by atoms with van der Waals surface area (Å²) in [5.41, 5.74) is 2.77. The number of halogens is 1. The number of rotatable bonds is 3. The van der Waals surface area contributed by atoms with Gasteiger partial charge in [-0.2, -0.15) is 0 Å². The van der Waals surface area contributed by atoms with Crippen LogP contribution in [0.5, 0.6) is 0 Å². The Labute approximate surface area is 107 Å². The van der Waals surface area contributed by atoms with E-state index in [1.807, 2.05) is 6.07 Å². The zero-order chi connectivity index (χ0) is 12.0. The second kappa shape index (κ2) is 3.74. The predicted octanol–water partition coefficient (Wildman–Crippen LogP) is 3.82. The van der Waals surface area contributed by atoms with Gasteiger partial charge in [-0.15, -0.1) is 11.6 Å². The Bertz CT molecular complexity index is 556. The van der Waals surface area contributed by atoms with E-state index in [0.717, 1.165) is 23.8 Å². The van der Waals surface area contributed by atoms with Crippen LogP contribution in [0.15, 0.2) is 24.3 Å². The van der Waals surface area contributed by atoms with Gasteiger partial charge < -0.3 is 4.57 Å². The highest BCUT2D eigenvalue weighted by Gasteiger charge is 2.45. The lowest BCUT2D eigenvalue weighted by Gasteiger charge is -2.09. The number of fused-ring (bicyclic) bond motifs is 1. The molecule has 0 amide bonds. The lowest BCUT2D eigenvalue weighted by molar-refractivity contribution is 0.498. The summed E-state index contributed by atoms with van der Waals surface area (Å²) >= 11 is 6.00. The third kappa shape index (κ3) is 1.85. The molecule has 1 aromatic heterocycles. The average molecular weight is 249 g/mol. The molecule has 17 heavy (non-hydrogen) atoms. The minimum absolute atomic E-state index is 0.488. The van der Waals surface area contributed by atoms with E-state index in [4.69, 9.17) is 11.6 Å². The van der Waals surface area contributed by atoms with Crippen molar-refractivity contribution in [2.45, 2.75) is 32.7 Å². The molecule has 0 N–H and O–H groups in total. The van der Waals surface area contributed by atoms with Gasteiger partial charge in [0.25, 0.3) is 0 Å². The molecule has 90 valence electrons. The van der Waals surface area contributed by atoms with Crippen LogP contribution in [0, 0.1) is 11.3 Å². The van der Waals surface area contributed by atoms with Crippen molar-refractivity contribution in [3.05, 3.63) is 30.1 Å². The maximum absolute atomic E-state index is 6.00. The molecule has 0 radical (unpaired) electrons. The summed E-state index contributed by atoms with van der Waals surface area (Å²) in [7, 11) is 0. The van der Waals surface area contributed by atoms with Crippen LogP contribution in [0.25, 0.3) is 11.0 Å². The van der Waals surface area contributed by atoms with Gasteiger partial charge in [-0.1, -0.05) is 26.0 Å². The fraction of sp³-hybridized carbons (Fsp3) is 0.500. The lowest BCUT2D eigenvalue weighted by atomic mass is 10.1. The smallest absolute Gasteiger partial charge is 0.124 e. The molecule has 1 heterocycles. The van der Waals surface area contributed by atoms with Crippen LogP contribution in [0.4, 0.5) is 0 Å². The summed E-state index contributed by atoms with van der Waals surface area (Å²) in [5, 5.41) is 0. The summed E-state index contributed by atoms with van der Waals surface area (Å²) in [6.45, 7) is 5.71. The highest BCUT2D eigenvalue weighted by Crippen LogP contribution is 2.52. The van der Waals surface area contributed by atoms with Crippen LogP contribution in [0.1, 0.15) is 26.1 Å². The molecule has 0 aliphatic heterocycles. The van der Waals surface area contributed by atoms with E-state index in [9.17, 15) is 0 Å². The summed E-state index contributed by atoms with van der Waals surface area (Å²) in [5.74, 6) is 2.25. The monoisotopic (exact) mass is 248 g/mol. The van der Waals surface area contributed by atoms with Crippen LogP contribution in [0.2, 0.25) is 0 Å². The molecule has 1 saturated carbocycles. The number of nitrogens with zero attached hydrogens (tertiary/aromatic N) is 2. The average Bonchev–Trinajstić information content (AvgIpc) is 2.76. The Morgan fingerprint density at radius 1 is 1.41 bits per heavy atom. The first kappa shape index (κ1) is 11.1. The summed E-state index contributed by atoms with van der Waals surface area (Å²) < 4.78 is 2.29. The molecular weight excluding hydrogens is 232 g/mol. The highest BCUT2D eigenvalue weighted by molar-refractivity contribution is 6.16. The Balaban J connectivity index is 2.01. The van der Waals surface area contributed by atoms with Crippen molar-refractivity contribution < 1.29 is 0 Å². The Hall–Kier alpha value is -1.02. The fourth-order valence-electron chi connectivity index (χ4n) is 2.54. The lowest BCUT2D eigenvalue weighted by Crippen LogP contribution is -2.06. The van der Waals surface area contributed by atoms with Gasteiger partial charge >= 0.3 is 0 Å². The zero-order valence-corrected chi connectivity index (χ0v) is 11.0. The van der Waals surface area contributed by atoms with E-state index in [2.05, 4.69) is 41.6 Å². The molecule has 1 aromatic carbocycles. The second-order valence-corrected chi connectivity index (χ2v) is 5.92. The number of aromatic nitrogens is 2. The maximum Gasteiger partial charge on any atom is 0.124 e. The number of alkyl halides is 1. The molecular formula is C14H17ClN2. The molecule has 1 aliphatic rings. The number of para-hydroxylation sites is 2. The number of hydrogen-bond acceptors (Lipinski definition) is 1. The van der Waals surface area contributed by atoms with Crippen LogP contribution >= 0.6 is 11.6 Å². The molecule has 0 bridgehead atoms. The van der Waals surface area contributed by atoms with E-state index in [1.54, 1.807) is 0 Å². The third-order valence-corrected chi connectivity index (χ3v) is 4.21. The van der Waals surface area contributed by atoms with E-state index in [-0.39, 0.29) is 0 Å². The summed E-state index contributed by atoms with van der Waals surface area (Å²) in [4.78, 5) is 4.59. The van der Waals surface area contributed by atoms with Crippen molar-refractivity contribution in [1.82, 2.24) is 9.55 Å². The van der Waals surface area contributed by atoms with Crippen molar-refractivity contribution in [1.29, 1.82) is 0 Å². The standard InChI is InChI=1S/C14H17ClN2/c1-14(2)7-10(14)9-17-12-6-4-3-5-11(12)16-13(17)8-15/h3-6,10H,7-9H2,1-2H3. The SMILES string of the molecule is CC1(C)CC1Cn1c(CCl)nc2ccccc21. The fourth-order valence-corrected chi connectivity index (χ4v) is 2.74. The molecule has 0 saturated heterocycles. The second-order valence-electron chi connectivity index (χ2n) is 5.65. The first-order chi connectivity index (χ1) is 8.12. The predicted molar refractivity (Wildman–Crippen MR) is 71.2 cm³/mol. The molecule has 1 unspecified atom stereocenters. The van der Waals surface area contributed by atoms with Gasteiger partial charge in [0, 0.05) is 6.54 Å². The molecule has 1 atom stereocenters. The molecule has 2 nitrogen and oxygen atoms in total. The highest BCUT2D eigenvalue weighted by atomic mass is 35.5. The van der Waals surface area contributed by atoms with E-state index < -0.39 is 0 Å². The van der Waals surface area contributed by atoms with Gasteiger partial charge in [0.05, 0.1) is 16.9 Å². The van der Waals surface area contributed by atoms with Crippen LogP contribution in [-0.2, 0) is 12.4 Å². The van der Waals surface area contributed by atoms with Gasteiger partial charge in [-0.3, -0.25) is 0 Å². The van der Waals surface area contributed by atoms with E-state index >= 15 is 0 Å². The van der Waals surface area contributed by atoms with E-state index in [1.165, 1.54) is 11.9 Å². The van der Waals surface area contributed by atoms with Gasteiger partial charge in [0.15, 0.2) is 0 Å². The molecule has 1 fully saturated rings.